The van der Waals surface area contributed by atoms with Crippen molar-refractivity contribution >= 4 is 17.5 Å². The molecule has 7 nitrogen and oxygen atoms in total. The van der Waals surface area contributed by atoms with Gasteiger partial charge in [-0.3, -0.25) is 4.79 Å². The Balaban J connectivity index is 1.82. The van der Waals surface area contributed by atoms with Crippen molar-refractivity contribution in [3.8, 4) is 0 Å². The molecule has 1 saturated carbocycles. The number of carbonyl (C=O) groups excluding carboxylic acids is 2. The van der Waals surface area contributed by atoms with Crippen molar-refractivity contribution in [2.75, 3.05) is 0 Å². The highest BCUT2D eigenvalue weighted by Crippen LogP contribution is 2.18. The van der Waals surface area contributed by atoms with Crippen LogP contribution in [0, 0.1) is 6.92 Å². The lowest BCUT2D eigenvalue weighted by atomic mass is 9.96. The van der Waals surface area contributed by atoms with E-state index in [0.29, 0.717) is 18.6 Å². The molecule has 2 aromatic rings. The molecule has 0 spiro atoms. The summed E-state index contributed by atoms with van der Waals surface area (Å²) in [5, 5.41) is 4.06. The Labute approximate surface area is 115 Å². The standard InChI is InChI=1S/C13H14N4O3/c1-8-6-7-14-13-15-11(16-17(8)13)12(19)20-10-5-3-2-4-9(10)18/h6-7,10H,2-5H2,1H3/t10-/m1/s1. The molecule has 0 unspecified atom stereocenters. The summed E-state index contributed by atoms with van der Waals surface area (Å²) in [7, 11) is 0. The van der Waals surface area contributed by atoms with Gasteiger partial charge >= 0.3 is 5.97 Å². The summed E-state index contributed by atoms with van der Waals surface area (Å²) in [4.78, 5) is 31.7. The maximum Gasteiger partial charge on any atom is 0.379 e. The van der Waals surface area contributed by atoms with Crippen molar-refractivity contribution in [2.24, 2.45) is 0 Å². The quantitative estimate of drug-likeness (QED) is 0.762. The van der Waals surface area contributed by atoms with Crippen LogP contribution in [0.3, 0.4) is 0 Å². The van der Waals surface area contributed by atoms with Crippen LogP contribution >= 0.6 is 0 Å². The summed E-state index contributed by atoms with van der Waals surface area (Å²) in [5.74, 6) is -0.421. The van der Waals surface area contributed by atoms with Crippen molar-refractivity contribution in [1.29, 1.82) is 0 Å². The van der Waals surface area contributed by atoms with Gasteiger partial charge in [0.2, 0.25) is 0 Å². The summed E-state index contributed by atoms with van der Waals surface area (Å²) < 4.78 is 6.68. The second kappa shape index (κ2) is 4.99. The minimum Gasteiger partial charge on any atom is -0.448 e. The Morgan fingerprint density at radius 2 is 2.30 bits per heavy atom. The Morgan fingerprint density at radius 3 is 3.05 bits per heavy atom. The number of hydrogen-bond donors (Lipinski definition) is 0. The van der Waals surface area contributed by atoms with E-state index >= 15 is 0 Å². The molecule has 0 aliphatic heterocycles. The molecule has 1 aliphatic carbocycles. The van der Waals surface area contributed by atoms with Crippen LogP contribution in [-0.2, 0) is 9.53 Å². The first-order valence-corrected chi connectivity index (χ1v) is 6.57. The van der Waals surface area contributed by atoms with E-state index in [1.807, 2.05) is 6.92 Å². The summed E-state index contributed by atoms with van der Waals surface area (Å²) in [6, 6.07) is 1.77. The molecular formula is C13H14N4O3. The van der Waals surface area contributed by atoms with Gasteiger partial charge in [-0.05, 0) is 32.3 Å². The number of rotatable bonds is 2. The molecule has 1 aliphatic rings. The maximum atomic E-state index is 12.0. The van der Waals surface area contributed by atoms with E-state index in [1.54, 1.807) is 12.3 Å². The van der Waals surface area contributed by atoms with Gasteiger partial charge in [-0.2, -0.15) is 4.98 Å². The molecule has 0 radical (unpaired) electrons. The zero-order valence-corrected chi connectivity index (χ0v) is 11.1. The smallest absolute Gasteiger partial charge is 0.379 e. The number of ketones is 1. The largest absolute Gasteiger partial charge is 0.448 e. The molecule has 0 bridgehead atoms. The first-order chi connectivity index (χ1) is 9.65. The van der Waals surface area contributed by atoms with Gasteiger partial charge in [0.15, 0.2) is 11.9 Å². The monoisotopic (exact) mass is 274 g/mol. The number of nitrogens with zero attached hydrogens (tertiary/aromatic N) is 4. The minimum atomic E-state index is -0.671. The Bertz CT molecular complexity index is 679. The van der Waals surface area contributed by atoms with E-state index < -0.39 is 12.1 Å². The lowest BCUT2D eigenvalue weighted by Gasteiger charge is -2.19. The molecule has 2 aromatic heterocycles. The lowest BCUT2D eigenvalue weighted by molar-refractivity contribution is -0.130. The van der Waals surface area contributed by atoms with Crippen LogP contribution < -0.4 is 0 Å². The first kappa shape index (κ1) is 12.7. The third-order valence-electron chi connectivity index (χ3n) is 3.36. The Hall–Kier alpha value is -2.31. The Kier molecular flexibility index (Phi) is 3.17. The zero-order chi connectivity index (χ0) is 14.1. The van der Waals surface area contributed by atoms with E-state index in [1.165, 1.54) is 4.52 Å². The molecular weight excluding hydrogens is 260 g/mol. The van der Waals surface area contributed by atoms with Crippen molar-refractivity contribution in [1.82, 2.24) is 19.6 Å². The van der Waals surface area contributed by atoms with E-state index in [0.717, 1.165) is 18.5 Å². The predicted octanol–water partition coefficient (Wildman–Crippen LogP) is 1.10. The lowest BCUT2D eigenvalue weighted by Crippen LogP contribution is -2.30. The number of carbonyl (C=O) groups is 2. The van der Waals surface area contributed by atoms with Gasteiger partial charge in [0, 0.05) is 18.3 Å². The van der Waals surface area contributed by atoms with Crippen molar-refractivity contribution in [3.05, 3.63) is 23.8 Å². The number of hydrogen-bond acceptors (Lipinski definition) is 6. The fourth-order valence-electron chi connectivity index (χ4n) is 2.25. The van der Waals surface area contributed by atoms with Crippen molar-refractivity contribution < 1.29 is 14.3 Å². The third-order valence-corrected chi connectivity index (χ3v) is 3.36. The highest BCUT2D eigenvalue weighted by atomic mass is 16.5. The number of esters is 1. The van der Waals surface area contributed by atoms with Gasteiger partial charge in [-0.25, -0.2) is 14.3 Å². The summed E-state index contributed by atoms with van der Waals surface area (Å²) in [6.07, 6.45) is 3.74. The number of Topliss-reactive ketones (excluding diaryl/α,β-unsaturated/α-hetero) is 1. The molecule has 20 heavy (non-hydrogen) atoms. The fraction of sp³-hybridized carbons (Fsp3) is 0.462. The van der Waals surface area contributed by atoms with E-state index in [4.69, 9.17) is 4.74 Å². The van der Waals surface area contributed by atoms with Gasteiger partial charge in [0.25, 0.3) is 11.6 Å². The molecule has 7 heteroatoms. The molecule has 1 fully saturated rings. The molecule has 1 atom stereocenters. The highest BCUT2D eigenvalue weighted by Gasteiger charge is 2.28. The molecule has 3 rings (SSSR count). The van der Waals surface area contributed by atoms with E-state index in [-0.39, 0.29) is 11.6 Å². The maximum absolute atomic E-state index is 12.0. The fourth-order valence-corrected chi connectivity index (χ4v) is 2.25. The second-order valence-corrected chi connectivity index (χ2v) is 4.84. The number of ether oxygens (including phenoxy) is 1. The highest BCUT2D eigenvalue weighted by molar-refractivity contribution is 5.90. The normalized spacial score (nSPS) is 19.2. The molecule has 2 heterocycles. The van der Waals surface area contributed by atoms with Gasteiger partial charge in [-0.15, -0.1) is 5.10 Å². The van der Waals surface area contributed by atoms with Crippen LogP contribution in [0.25, 0.3) is 5.78 Å². The van der Waals surface area contributed by atoms with Gasteiger partial charge in [-0.1, -0.05) is 0 Å². The molecule has 0 saturated heterocycles. The average Bonchev–Trinajstić information content (AvgIpc) is 2.87. The van der Waals surface area contributed by atoms with E-state index in [9.17, 15) is 9.59 Å². The van der Waals surface area contributed by atoms with Crippen LogP contribution in [0.4, 0.5) is 0 Å². The zero-order valence-electron chi connectivity index (χ0n) is 11.1. The third kappa shape index (κ3) is 2.26. The average molecular weight is 274 g/mol. The predicted molar refractivity (Wildman–Crippen MR) is 68.2 cm³/mol. The molecule has 0 N–H and O–H groups in total. The topological polar surface area (TPSA) is 86.5 Å². The SMILES string of the molecule is Cc1ccnc2nc(C(=O)O[C@@H]3CCCCC3=O)nn12. The summed E-state index contributed by atoms with van der Waals surface area (Å²) in [5.41, 5.74) is 0.815. The Morgan fingerprint density at radius 1 is 1.45 bits per heavy atom. The summed E-state index contributed by atoms with van der Waals surface area (Å²) in [6.45, 7) is 1.84. The summed E-state index contributed by atoms with van der Waals surface area (Å²) >= 11 is 0. The first-order valence-electron chi connectivity index (χ1n) is 6.57. The van der Waals surface area contributed by atoms with Crippen molar-refractivity contribution in [3.63, 3.8) is 0 Å². The van der Waals surface area contributed by atoms with E-state index in [2.05, 4.69) is 15.1 Å². The minimum absolute atomic E-state index is 0.0253. The molecule has 0 aromatic carbocycles. The van der Waals surface area contributed by atoms with Crippen LogP contribution in [0.2, 0.25) is 0 Å². The van der Waals surface area contributed by atoms with Gasteiger partial charge in [0.05, 0.1) is 0 Å². The molecule has 104 valence electrons. The number of fused-ring (bicyclic) bond motifs is 1. The van der Waals surface area contributed by atoms with Crippen LogP contribution in [0.15, 0.2) is 12.3 Å². The molecule has 0 amide bonds. The van der Waals surface area contributed by atoms with Crippen LogP contribution in [0.5, 0.6) is 0 Å². The van der Waals surface area contributed by atoms with Crippen LogP contribution in [-0.4, -0.2) is 37.4 Å². The number of aryl methyl sites for hydroxylation is 1. The van der Waals surface area contributed by atoms with Gasteiger partial charge < -0.3 is 4.74 Å². The second-order valence-electron chi connectivity index (χ2n) is 4.84. The van der Waals surface area contributed by atoms with Crippen LogP contribution in [0.1, 0.15) is 42.0 Å². The van der Waals surface area contributed by atoms with Gasteiger partial charge in [0.1, 0.15) is 0 Å². The number of aromatic nitrogens is 4. The van der Waals surface area contributed by atoms with Crippen molar-refractivity contribution in [2.45, 2.75) is 38.7 Å².